The Hall–Kier alpha value is -1.55. The second kappa shape index (κ2) is 6.52. The topological polar surface area (TPSA) is 38.8 Å². The highest BCUT2D eigenvalue weighted by atomic mass is 16.5. The molecule has 0 aromatic heterocycles. The molecule has 2 aliphatic rings. The molecular formula is C19H27NO3. The number of ether oxygens (including phenoxy) is 2. The Kier molecular flexibility index (Phi) is 2.41. The summed E-state index contributed by atoms with van der Waals surface area (Å²) < 4.78 is 81.8. The number of piperidine rings is 1. The van der Waals surface area contributed by atoms with Gasteiger partial charge in [0.2, 0.25) is 0 Å². The van der Waals surface area contributed by atoms with E-state index in [1.54, 1.807) is 6.07 Å². The third kappa shape index (κ3) is 3.09. The van der Waals surface area contributed by atoms with Gasteiger partial charge in [-0.1, -0.05) is 13.7 Å². The lowest BCUT2D eigenvalue weighted by Crippen LogP contribution is -2.46. The van der Waals surface area contributed by atoms with Gasteiger partial charge in [-0.05, 0) is 41.9 Å². The third-order valence-electron chi connectivity index (χ3n) is 4.63. The van der Waals surface area contributed by atoms with Crippen molar-refractivity contribution in [3.63, 3.8) is 0 Å². The highest BCUT2D eigenvalue weighted by Crippen LogP contribution is 2.42. The van der Waals surface area contributed by atoms with Crippen molar-refractivity contribution in [1.29, 1.82) is 0 Å². The van der Waals surface area contributed by atoms with Gasteiger partial charge < -0.3 is 9.47 Å². The highest BCUT2D eigenvalue weighted by Gasteiger charge is 2.38. The molecule has 2 atom stereocenters. The zero-order chi connectivity index (χ0) is 24.3. The Labute approximate surface area is 151 Å². The fourth-order valence-electron chi connectivity index (χ4n) is 3.51. The molecule has 1 fully saturated rings. The molecule has 0 aliphatic carbocycles. The average molecular weight is 326 g/mol. The fourth-order valence-corrected chi connectivity index (χ4v) is 3.51. The van der Waals surface area contributed by atoms with Crippen molar-refractivity contribution in [2.75, 3.05) is 27.3 Å². The van der Waals surface area contributed by atoms with Crippen LogP contribution in [0.3, 0.4) is 0 Å². The zero-order valence-corrected chi connectivity index (χ0v) is 13.3. The van der Waals surface area contributed by atoms with Crippen LogP contribution in [0.15, 0.2) is 12.1 Å². The molecule has 0 saturated carbocycles. The number of nitrogens with zero attached hydrogens (tertiary/aromatic N) is 1. The summed E-state index contributed by atoms with van der Waals surface area (Å²) in [7, 11) is 3.03. The first-order chi connectivity index (χ1) is 14.6. The minimum absolute atomic E-state index is 0.120. The normalized spacial score (nSPS) is 32.3. The molecule has 3 rings (SSSR count). The second-order valence-electron chi connectivity index (χ2n) is 5.91. The summed E-state index contributed by atoms with van der Waals surface area (Å²) in [5.74, 6) is -4.55. The number of fused-ring (bicyclic) bond motifs is 3. The molecule has 1 aromatic carbocycles. The molecule has 23 heavy (non-hydrogen) atoms. The van der Waals surface area contributed by atoms with Crippen molar-refractivity contribution in [3.05, 3.63) is 23.3 Å². The number of hydrogen-bond acceptors (Lipinski definition) is 4. The van der Waals surface area contributed by atoms with Crippen LogP contribution in [0.1, 0.15) is 56.0 Å². The number of Topliss-reactive ketones (excluding diaryl/α,β-unsaturated/α-hetero) is 1. The van der Waals surface area contributed by atoms with Crippen LogP contribution in [-0.4, -0.2) is 38.0 Å². The van der Waals surface area contributed by atoms with Gasteiger partial charge in [-0.2, -0.15) is 0 Å². The van der Waals surface area contributed by atoms with Gasteiger partial charge in [0, 0.05) is 43.8 Å². The van der Waals surface area contributed by atoms with Gasteiger partial charge in [-0.25, -0.2) is 0 Å². The van der Waals surface area contributed by atoms with E-state index < -0.39 is 37.7 Å². The van der Waals surface area contributed by atoms with Crippen molar-refractivity contribution in [1.82, 2.24) is 4.90 Å². The maximum Gasteiger partial charge on any atom is 0.161 e. The standard InChI is InChI=1S/C19H27NO3/c1-12(2)7-14-11-20-6-5-13-8-18(22-3)19(23-4)9-15(13)16(20)10-17(14)21/h8-9,12,14,16H,5-7,10-11H2,1-4H3/i1D3,2D3,7D2,12D. The quantitative estimate of drug-likeness (QED) is 0.851. The summed E-state index contributed by atoms with van der Waals surface area (Å²) in [6.45, 7) is -6.62. The van der Waals surface area contributed by atoms with Crippen LogP contribution < -0.4 is 9.47 Å². The van der Waals surface area contributed by atoms with Gasteiger partial charge in [0.25, 0.3) is 0 Å². The van der Waals surface area contributed by atoms with Gasteiger partial charge in [-0.3, -0.25) is 9.69 Å². The van der Waals surface area contributed by atoms with Crippen LogP contribution in [-0.2, 0) is 11.2 Å². The molecule has 0 amide bonds. The number of hydrogen-bond donors (Lipinski definition) is 0. The summed E-state index contributed by atoms with van der Waals surface area (Å²) in [4.78, 5) is 15.0. The molecule has 2 heterocycles. The SMILES string of the molecule is [2H]C([2H])([2H])C([2H])(C([2H])([2H])[2H])C([2H])([2H])C1CN2CCc3cc(OC)c(OC)cc3C2CC1=O. The molecule has 1 saturated heterocycles. The molecule has 0 bridgehead atoms. The predicted octanol–water partition coefficient (Wildman–Crippen LogP) is 3.24. The van der Waals surface area contributed by atoms with Crippen molar-refractivity contribution in [2.24, 2.45) is 11.8 Å². The van der Waals surface area contributed by atoms with Crippen LogP contribution in [0.25, 0.3) is 0 Å². The smallest absolute Gasteiger partial charge is 0.161 e. The van der Waals surface area contributed by atoms with Crippen LogP contribution in [0.5, 0.6) is 11.5 Å². The number of benzene rings is 1. The lowest BCUT2D eigenvalue weighted by atomic mass is 9.80. The van der Waals surface area contributed by atoms with Crippen LogP contribution >= 0.6 is 0 Å². The van der Waals surface area contributed by atoms with Crippen molar-refractivity contribution in [3.8, 4) is 11.5 Å². The van der Waals surface area contributed by atoms with Crippen LogP contribution in [0.2, 0.25) is 0 Å². The fraction of sp³-hybridized carbons (Fsp3) is 0.632. The second-order valence-corrected chi connectivity index (χ2v) is 5.91. The van der Waals surface area contributed by atoms with Gasteiger partial charge in [0.05, 0.1) is 14.2 Å². The van der Waals surface area contributed by atoms with E-state index in [1.807, 2.05) is 11.0 Å². The minimum atomic E-state index is -3.46. The summed E-state index contributed by atoms with van der Waals surface area (Å²) in [5, 5.41) is 0. The molecule has 1 aromatic rings. The van der Waals surface area contributed by atoms with E-state index in [9.17, 15) is 4.79 Å². The number of carbonyl (C=O) groups is 1. The first-order valence-corrected chi connectivity index (χ1v) is 7.61. The first-order valence-electron chi connectivity index (χ1n) is 12.1. The van der Waals surface area contributed by atoms with Crippen LogP contribution in [0, 0.1) is 11.8 Å². The Bertz CT molecular complexity index is 883. The van der Waals surface area contributed by atoms with Crippen LogP contribution in [0.4, 0.5) is 0 Å². The molecule has 0 radical (unpaired) electrons. The molecule has 126 valence electrons. The maximum atomic E-state index is 13.1. The molecule has 2 aliphatic heterocycles. The monoisotopic (exact) mass is 326 g/mol. The number of rotatable bonds is 4. The largest absolute Gasteiger partial charge is 0.493 e. The van der Waals surface area contributed by atoms with E-state index in [1.165, 1.54) is 14.2 Å². The number of ketones is 1. The van der Waals surface area contributed by atoms with E-state index in [2.05, 4.69) is 0 Å². The van der Waals surface area contributed by atoms with Gasteiger partial charge in [0.15, 0.2) is 11.5 Å². The molecule has 4 heteroatoms. The molecular weight excluding hydrogens is 290 g/mol. The van der Waals surface area contributed by atoms with E-state index in [0.717, 1.165) is 11.1 Å². The minimum Gasteiger partial charge on any atom is -0.493 e. The summed E-state index contributed by atoms with van der Waals surface area (Å²) in [5.41, 5.74) is 1.81. The molecule has 4 nitrogen and oxygen atoms in total. The van der Waals surface area contributed by atoms with Crippen molar-refractivity contribution < 1.29 is 26.6 Å². The number of methoxy groups -OCH3 is 2. The summed E-state index contributed by atoms with van der Waals surface area (Å²) in [6, 6.07) is 3.26. The molecule has 0 spiro atoms. The van der Waals surface area contributed by atoms with Crippen molar-refractivity contribution >= 4 is 5.78 Å². The average Bonchev–Trinajstić information content (AvgIpc) is 2.69. The zero-order valence-electron chi connectivity index (χ0n) is 22.3. The summed E-state index contributed by atoms with van der Waals surface area (Å²) in [6.07, 6.45) is -2.64. The summed E-state index contributed by atoms with van der Waals surface area (Å²) >= 11 is 0. The lowest BCUT2D eigenvalue weighted by molar-refractivity contribution is -0.129. The first kappa shape index (κ1) is 8.52. The van der Waals surface area contributed by atoms with Gasteiger partial charge >= 0.3 is 0 Å². The number of carbonyl (C=O) groups excluding carboxylic acids is 1. The highest BCUT2D eigenvalue weighted by molar-refractivity contribution is 5.83. The Morgan fingerprint density at radius 1 is 1.39 bits per heavy atom. The van der Waals surface area contributed by atoms with E-state index >= 15 is 0 Å². The molecule has 0 N–H and O–H groups in total. The van der Waals surface area contributed by atoms with E-state index in [0.29, 0.717) is 24.5 Å². The molecule has 2 unspecified atom stereocenters. The van der Waals surface area contributed by atoms with Crippen molar-refractivity contribution in [2.45, 2.75) is 39.0 Å². The predicted molar refractivity (Wildman–Crippen MR) is 90.1 cm³/mol. The Morgan fingerprint density at radius 2 is 2.13 bits per heavy atom. The van der Waals surface area contributed by atoms with Gasteiger partial charge in [0.1, 0.15) is 5.78 Å². The van der Waals surface area contributed by atoms with E-state index in [4.69, 9.17) is 21.8 Å². The third-order valence-corrected chi connectivity index (χ3v) is 4.63. The maximum absolute atomic E-state index is 13.1. The Morgan fingerprint density at radius 3 is 2.83 bits per heavy atom. The van der Waals surface area contributed by atoms with E-state index in [-0.39, 0.29) is 19.0 Å². The van der Waals surface area contributed by atoms with Gasteiger partial charge in [-0.15, -0.1) is 0 Å². The lowest BCUT2D eigenvalue weighted by Gasteiger charge is -2.43. The Balaban J connectivity index is 1.99.